The van der Waals surface area contributed by atoms with Crippen molar-refractivity contribution in [3.8, 4) is 0 Å². The Bertz CT molecular complexity index is 2040. The van der Waals surface area contributed by atoms with E-state index in [4.69, 9.17) is 18.9 Å². The number of rotatable bonds is 69. The van der Waals surface area contributed by atoms with Crippen molar-refractivity contribution in [3.05, 3.63) is 146 Å². The highest BCUT2D eigenvalue weighted by Gasteiger charge is 2.25. The number of allylic oxidation sites excluding steroid dienone is 24. The number of esters is 2. The number of nitrogens with zero attached hydrogens (tertiary/aromatic N) is 1. The topological polar surface area (TPSA) is 108 Å². The number of quaternary nitrogens is 1. The Morgan fingerprint density at radius 1 is 0.323 bits per heavy atom. The molecule has 2 unspecified atom stereocenters. The zero-order valence-electron chi connectivity index (χ0n) is 60.6. The number of aliphatic carboxylic acids is 1. The van der Waals surface area contributed by atoms with E-state index in [-0.39, 0.29) is 38.6 Å². The van der Waals surface area contributed by atoms with Crippen molar-refractivity contribution in [2.24, 2.45) is 0 Å². The summed E-state index contributed by atoms with van der Waals surface area (Å²) in [5, 5.41) is 9.76. The third kappa shape index (κ3) is 74.4. The lowest BCUT2D eigenvalue weighted by atomic mass is 10.0. The molecule has 0 aromatic rings. The fourth-order valence-corrected chi connectivity index (χ4v) is 10.4. The first-order valence-corrected chi connectivity index (χ1v) is 38.0. The first-order chi connectivity index (χ1) is 45.6. The van der Waals surface area contributed by atoms with Gasteiger partial charge in [0.1, 0.15) is 13.2 Å². The highest BCUT2D eigenvalue weighted by molar-refractivity contribution is 5.71. The van der Waals surface area contributed by atoms with Crippen molar-refractivity contribution < 1.29 is 42.9 Å². The summed E-state index contributed by atoms with van der Waals surface area (Å²) in [6.45, 7) is 4.65. The summed E-state index contributed by atoms with van der Waals surface area (Å²) in [5.41, 5.74) is 0. The lowest BCUT2D eigenvalue weighted by Gasteiger charge is -2.25. The number of hydrogen-bond acceptors (Lipinski definition) is 7. The lowest BCUT2D eigenvalue weighted by Crippen LogP contribution is -2.40. The van der Waals surface area contributed by atoms with Crippen LogP contribution in [0.2, 0.25) is 0 Å². The van der Waals surface area contributed by atoms with Crippen LogP contribution in [0.1, 0.15) is 309 Å². The number of carbonyl (C=O) groups is 3. The van der Waals surface area contributed by atoms with Gasteiger partial charge in [-0.1, -0.05) is 327 Å². The molecule has 93 heavy (non-hydrogen) atoms. The van der Waals surface area contributed by atoms with Crippen molar-refractivity contribution in [1.82, 2.24) is 0 Å². The Hall–Kier alpha value is -4.83. The first-order valence-electron chi connectivity index (χ1n) is 38.0. The summed E-state index contributed by atoms with van der Waals surface area (Å²) in [5.74, 6) is -2.01. The Labute approximate surface area is 572 Å². The van der Waals surface area contributed by atoms with Gasteiger partial charge in [0.2, 0.25) is 0 Å². The predicted molar refractivity (Wildman–Crippen MR) is 400 cm³/mol. The van der Waals surface area contributed by atoms with Crippen molar-refractivity contribution in [1.29, 1.82) is 0 Å². The average Bonchev–Trinajstić information content (AvgIpc) is 3.38. The first kappa shape index (κ1) is 88.2. The molecule has 0 saturated carbocycles. The van der Waals surface area contributed by atoms with E-state index in [2.05, 4.69) is 160 Å². The van der Waals surface area contributed by atoms with Crippen LogP contribution in [0.5, 0.6) is 0 Å². The molecular weight excluding hydrogens is 1150 g/mol. The summed E-state index contributed by atoms with van der Waals surface area (Å²) < 4.78 is 23.0. The van der Waals surface area contributed by atoms with Gasteiger partial charge in [0.05, 0.1) is 34.4 Å². The van der Waals surface area contributed by atoms with E-state index in [1.54, 1.807) is 0 Å². The number of carboxylic acids is 1. The van der Waals surface area contributed by atoms with Crippen LogP contribution in [0.4, 0.5) is 0 Å². The minimum Gasteiger partial charge on any atom is -0.477 e. The van der Waals surface area contributed by atoms with Crippen molar-refractivity contribution >= 4 is 17.9 Å². The molecule has 530 valence electrons. The monoisotopic (exact) mass is 1290 g/mol. The second kappa shape index (κ2) is 73.0. The third-order valence-corrected chi connectivity index (χ3v) is 16.1. The van der Waals surface area contributed by atoms with Gasteiger partial charge in [-0.25, -0.2) is 4.79 Å². The molecule has 0 spiro atoms. The minimum atomic E-state index is -1.52. The summed E-state index contributed by atoms with van der Waals surface area (Å²) in [6, 6.07) is 0. The maximum absolute atomic E-state index is 13.0. The van der Waals surface area contributed by atoms with E-state index in [1.807, 2.05) is 21.1 Å². The normalized spacial score (nSPS) is 13.5. The summed E-state index contributed by atoms with van der Waals surface area (Å²) >= 11 is 0. The largest absolute Gasteiger partial charge is 0.477 e. The van der Waals surface area contributed by atoms with E-state index < -0.39 is 24.3 Å². The molecule has 0 bridgehead atoms. The quantitative estimate of drug-likeness (QED) is 0.0211. The standard InChI is InChI=1S/C84H141NO8/c1-6-8-10-12-14-16-18-20-22-24-26-28-30-32-34-35-36-37-38-39-40-41-42-43-44-45-46-47-49-51-53-55-57-59-61-63-65-67-69-71-73-75-82(87)93-80(79-92-84(83(88)89)90-77-76-85(3,4)5)78-91-81(86)74-72-70-68-66-64-62-60-58-56-54-52-50-48-33-31-29-27-25-23-21-19-17-15-13-11-9-7-2/h8-11,14-17,20-23,26-29,32-34,36-37,48,52,54,80,84H,6-7,12-13,18-19,24-25,30-31,35,38-47,49-51,53,55-79H2,1-5H3/p+1/b10-8-,11-9-,16-14-,17-15-,22-20-,23-21-,28-26-,29-27-,34-32-,37-36-,48-33-,54-52-. The van der Waals surface area contributed by atoms with Gasteiger partial charge >= 0.3 is 17.9 Å². The number of unbranched alkanes of at least 4 members (excludes halogenated alkanes) is 30. The van der Waals surface area contributed by atoms with Crippen LogP contribution in [-0.4, -0.2) is 87.4 Å². The number of carbonyl (C=O) groups excluding carboxylic acids is 2. The van der Waals surface area contributed by atoms with Gasteiger partial charge in [-0.2, -0.15) is 0 Å². The number of ether oxygens (including phenoxy) is 4. The highest BCUT2D eigenvalue weighted by atomic mass is 16.7. The molecule has 2 atom stereocenters. The third-order valence-electron chi connectivity index (χ3n) is 16.1. The van der Waals surface area contributed by atoms with E-state index in [0.29, 0.717) is 11.0 Å². The summed E-state index contributed by atoms with van der Waals surface area (Å²) in [7, 11) is 5.98. The molecule has 0 aromatic heterocycles. The highest BCUT2D eigenvalue weighted by Crippen LogP contribution is 2.18. The van der Waals surface area contributed by atoms with Crippen LogP contribution >= 0.6 is 0 Å². The molecular formula is C84H142NO8+. The van der Waals surface area contributed by atoms with Gasteiger partial charge in [-0.15, -0.1) is 0 Å². The molecule has 0 saturated heterocycles. The van der Waals surface area contributed by atoms with Crippen molar-refractivity contribution in [3.63, 3.8) is 0 Å². The molecule has 0 fully saturated rings. The second-order valence-corrected chi connectivity index (χ2v) is 26.2. The maximum Gasteiger partial charge on any atom is 0.361 e. The van der Waals surface area contributed by atoms with Gasteiger partial charge in [-0.05, 0) is 116 Å². The lowest BCUT2D eigenvalue weighted by molar-refractivity contribution is -0.870. The summed E-state index contributed by atoms with van der Waals surface area (Å²) in [4.78, 5) is 37.7. The van der Waals surface area contributed by atoms with E-state index in [0.717, 1.165) is 128 Å². The van der Waals surface area contributed by atoms with Gasteiger partial charge in [0, 0.05) is 12.8 Å². The van der Waals surface area contributed by atoms with Crippen LogP contribution in [0.3, 0.4) is 0 Å². The SMILES string of the molecule is CC/C=C\C/C=C\C/C=C\C/C=C\C/C=C\C/C=C\CCCCCCCCCCCCCCCCCCCCCCCCC(=O)OC(COC(=O)CCCCCCCCCC/C=C\C/C=C\C/C=C\C/C=C\C/C=C\C/C=C\CC)COC(OCC[N+](C)(C)C)C(=O)O. The molecule has 9 nitrogen and oxygen atoms in total. The Morgan fingerprint density at radius 2 is 0.581 bits per heavy atom. The number of hydrogen-bond donors (Lipinski definition) is 1. The van der Waals surface area contributed by atoms with Crippen molar-refractivity contribution in [2.45, 2.75) is 322 Å². The fraction of sp³-hybridized carbons (Fsp3) is 0.679. The second-order valence-electron chi connectivity index (χ2n) is 26.2. The molecule has 1 N–H and O–H groups in total. The molecule has 0 rings (SSSR count). The zero-order valence-corrected chi connectivity index (χ0v) is 60.6. The number of carboxylic acid groups (broad SMARTS) is 1. The minimum absolute atomic E-state index is 0.182. The zero-order chi connectivity index (χ0) is 67.5. The van der Waals surface area contributed by atoms with Gasteiger partial charge in [-0.3, -0.25) is 9.59 Å². The fourth-order valence-electron chi connectivity index (χ4n) is 10.4. The maximum atomic E-state index is 13.0. The predicted octanol–water partition coefficient (Wildman–Crippen LogP) is 24.3. The van der Waals surface area contributed by atoms with Gasteiger partial charge in [0.25, 0.3) is 6.29 Å². The Balaban J connectivity index is 4.05. The van der Waals surface area contributed by atoms with E-state index in [9.17, 15) is 19.5 Å². The van der Waals surface area contributed by atoms with Crippen LogP contribution in [0, 0.1) is 0 Å². The molecule has 0 aliphatic carbocycles. The van der Waals surface area contributed by atoms with Crippen LogP contribution < -0.4 is 0 Å². The average molecular weight is 1290 g/mol. The molecule has 0 heterocycles. The molecule has 0 aliphatic heterocycles. The molecule has 9 heteroatoms. The van der Waals surface area contributed by atoms with E-state index in [1.165, 1.54) is 154 Å². The summed E-state index contributed by atoms with van der Waals surface area (Å²) in [6.07, 6.45) is 104. The Morgan fingerprint density at radius 3 is 0.860 bits per heavy atom. The van der Waals surface area contributed by atoms with Crippen LogP contribution in [-0.2, 0) is 33.3 Å². The van der Waals surface area contributed by atoms with Gasteiger partial charge < -0.3 is 28.5 Å². The van der Waals surface area contributed by atoms with Crippen LogP contribution in [0.25, 0.3) is 0 Å². The Kier molecular flexibility index (Phi) is 69.2. The van der Waals surface area contributed by atoms with Crippen molar-refractivity contribution in [2.75, 3.05) is 47.5 Å². The number of likely N-dealkylation sites (N-methyl/N-ethyl adjacent to an activating group) is 1. The molecule has 0 radical (unpaired) electrons. The van der Waals surface area contributed by atoms with Crippen LogP contribution in [0.15, 0.2) is 146 Å². The molecule has 0 aliphatic rings. The smallest absolute Gasteiger partial charge is 0.361 e. The molecule has 0 aromatic carbocycles. The van der Waals surface area contributed by atoms with E-state index >= 15 is 0 Å². The van der Waals surface area contributed by atoms with Gasteiger partial charge in [0.15, 0.2) is 6.10 Å². The molecule has 0 amide bonds.